The molecule has 0 bridgehead atoms. The lowest BCUT2D eigenvalue weighted by atomic mass is 9.81. The van der Waals surface area contributed by atoms with Crippen LogP contribution in [0, 0.1) is 11.8 Å². The molecule has 0 radical (unpaired) electrons. The molecule has 0 saturated carbocycles. The number of hydrogen-bond acceptors (Lipinski definition) is 4. The highest BCUT2D eigenvalue weighted by atomic mass is 16.7. The molecule has 0 aromatic carbocycles. The van der Waals surface area contributed by atoms with E-state index in [1.54, 1.807) is 0 Å². The molecule has 0 aromatic rings. The lowest BCUT2D eigenvalue weighted by molar-refractivity contribution is -0.265. The molecule has 2 aliphatic heterocycles. The van der Waals surface area contributed by atoms with Crippen molar-refractivity contribution in [2.24, 2.45) is 11.8 Å². The Hall–Kier alpha value is -0.160. The Morgan fingerprint density at radius 3 is 1.26 bits per heavy atom. The van der Waals surface area contributed by atoms with E-state index in [1.807, 2.05) is 0 Å². The molecule has 2 fully saturated rings. The van der Waals surface area contributed by atoms with Gasteiger partial charge in [-0.3, -0.25) is 9.68 Å². The zero-order valence-corrected chi connectivity index (χ0v) is 28.3. The topological polar surface area (TPSA) is 24.9 Å². The number of hydrogen-bond donors (Lipinski definition) is 0. The molecule has 2 heterocycles. The van der Waals surface area contributed by atoms with Crippen molar-refractivity contribution in [3.8, 4) is 0 Å². The van der Waals surface area contributed by atoms with Crippen LogP contribution < -0.4 is 0 Å². The van der Waals surface area contributed by atoms with Crippen molar-refractivity contribution in [3.05, 3.63) is 0 Å². The molecular weight excluding hydrogens is 480 g/mol. The maximum absolute atomic E-state index is 6.56. The van der Waals surface area contributed by atoms with E-state index in [0.717, 1.165) is 25.0 Å². The Balaban J connectivity index is 1.94. The Labute approximate surface area is 245 Å². The SMILES string of the molecule is CCCCCCCON1C(C)(C)CCC(CCC2CCC(C)(C)N(OCCCCCC)C(C)(C)C2)CC1(C)C. The van der Waals surface area contributed by atoms with Crippen LogP contribution in [0.4, 0.5) is 0 Å². The van der Waals surface area contributed by atoms with Gasteiger partial charge in [-0.2, -0.15) is 10.1 Å². The maximum Gasteiger partial charge on any atom is 0.0685 e. The number of unbranched alkanes of at least 4 members (excludes halogenated alkanes) is 7. The summed E-state index contributed by atoms with van der Waals surface area (Å²) in [4.78, 5) is 13.1. The zero-order valence-electron chi connectivity index (χ0n) is 28.3. The smallest absolute Gasteiger partial charge is 0.0685 e. The molecule has 232 valence electrons. The predicted molar refractivity (Wildman–Crippen MR) is 169 cm³/mol. The molecule has 4 heteroatoms. The van der Waals surface area contributed by atoms with Crippen LogP contribution in [0.15, 0.2) is 0 Å². The fourth-order valence-electron chi connectivity index (χ4n) is 7.95. The van der Waals surface area contributed by atoms with Crippen molar-refractivity contribution in [1.29, 1.82) is 0 Å². The summed E-state index contributed by atoms with van der Waals surface area (Å²) in [6, 6.07) is 0. The number of hydroxylamine groups is 4. The van der Waals surface area contributed by atoms with Gasteiger partial charge in [0.1, 0.15) is 0 Å². The Bertz CT molecular complexity index is 672. The fraction of sp³-hybridized carbons (Fsp3) is 1.00. The number of rotatable bonds is 16. The van der Waals surface area contributed by atoms with Crippen LogP contribution in [0.25, 0.3) is 0 Å². The highest BCUT2D eigenvalue weighted by Gasteiger charge is 2.45. The van der Waals surface area contributed by atoms with Crippen molar-refractivity contribution in [2.45, 2.75) is 201 Å². The lowest BCUT2D eigenvalue weighted by Gasteiger charge is -2.46. The van der Waals surface area contributed by atoms with Crippen LogP contribution in [0.5, 0.6) is 0 Å². The largest absolute Gasteiger partial charge is 0.298 e. The van der Waals surface area contributed by atoms with Gasteiger partial charge in [0.05, 0.1) is 13.2 Å². The summed E-state index contributed by atoms with van der Waals surface area (Å²) in [5.41, 5.74) is 0.319. The van der Waals surface area contributed by atoms with E-state index < -0.39 is 0 Å². The van der Waals surface area contributed by atoms with E-state index in [1.165, 1.54) is 109 Å². The van der Waals surface area contributed by atoms with Gasteiger partial charge in [-0.25, -0.2) is 0 Å². The van der Waals surface area contributed by atoms with Gasteiger partial charge >= 0.3 is 0 Å². The highest BCUT2D eigenvalue weighted by molar-refractivity contribution is 4.96. The molecule has 0 aromatic heterocycles. The van der Waals surface area contributed by atoms with Crippen molar-refractivity contribution in [3.63, 3.8) is 0 Å². The molecule has 2 atom stereocenters. The van der Waals surface area contributed by atoms with Gasteiger partial charge in [-0.15, -0.1) is 0 Å². The summed E-state index contributed by atoms with van der Waals surface area (Å²) in [6.45, 7) is 25.6. The first-order chi connectivity index (χ1) is 18.2. The predicted octanol–water partition coefficient (Wildman–Crippen LogP) is 10.5. The van der Waals surface area contributed by atoms with Gasteiger partial charge in [0.25, 0.3) is 0 Å². The quantitative estimate of drug-likeness (QED) is 0.178. The molecule has 2 saturated heterocycles. The van der Waals surface area contributed by atoms with Crippen LogP contribution in [0.1, 0.15) is 178 Å². The first-order valence-corrected chi connectivity index (χ1v) is 17.1. The highest BCUT2D eigenvalue weighted by Crippen LogP contribution is 2.44. The standard InChI is InChI=1S/C35H70N2O2/c1-11-13-15-17-19-27-39-37-33(5,6)25-23-31(29-35(37,9)10)21-20-30-22-24-32(3,4)36(34(7,8)28-30)38-26-18-16-14-12-2/h30-31H,11-29H2,1-10H3. The van der Waals surface area contributed by atoms with E-state index in [4.69, 9.17) is 9.68 Å². The van der Waals surface area contributed by atoms with Crippen molar-refractivity contribution in [1.82, 2.24) is 10.1 Å². The summed E-state index contributed by atoms with van der Waals surface area (Å²) in [7, 11) is 0. The molecule has 4 nitrogen and oxygen atoms in total. The third kappa shape index (κ3) is 11.2. The van der Waals surface area contributed by atoms with Gasteiger partial charge in [0.15, 0.2) is 0 Å². The lowest BCUT2D eigenvalue weighted by Crippen LogP contribution is -2.54. The van der Waals surface area contributed by atoms with Crippen LogP contribution >= 0.6 is 0 Å². The van der Waals surface area contributed by atoms with Crippen molar-refractivity contribution in [2.75, 3.05) is 13.2 Å². The monoisotopic (exact) mass is 551 g/mol. The van der Waals surface area contributed by atoms with Crippen LogP contribution in [-0.4, -0.2) is 45.5 Å². The third-order valence-corrected chi connectivity index (χ3v) is 9.77. The second-order valence-electron chi connectivity index (χ2n) is 15.8. The molecule has 2 unspecified atom stereocenters. The van der Waals surface area contributed by atoms with Crippen LogP contribution in [-0.2, 0) is 9.68 Å². The van der Waals surface area contributed by atoms with E-state index >= 15 is 0 Å². The maximum atomic E-state index is 6.56. The van der Waals surface area contributed by atoms with Gasteiger partial charge in [0.2, 0.25) is 0 Å². The average molecular weight is 551 g/mol. The zero-order chi connectivity index (χ0) is 29.2. The van der Waals surface area contributed by atoms with Crippen LogP contribution in [0.3, 0.4) is 0 Å². The molecule has 0 spiro atoms. The minimum atomic E-state index is 0.0707. The summed E-state index contributed by atoms with van der Waals surface area (Å²) < 4.78 is 0. The molecule has 2 aliphatic rings. The molecule has 0 aliphatic carbocycles. The summed E-state index contributed by atoms with van der Waals surface area (Å²) >= 11 is 0. The van der Waals surface area contributed by atoms with Gasteiger partial charge in [-0.05, 0) is 119 Å². The Morgan fingerprint density at radius 1 is 0.513 bits per heavy atom. The summed E-state index contributed by atoms with van der Waals surface area (Å²) in [5, 5.41) is 4.81. The molecular formula is C35H70N2O2. The van der Waals surface area contributed by atoms with Gasteiger partial charge in [-0.1, -0.05) is 71.6 Å². The molecule has 0 amide bonds. The Kier molecular flexibility index (Phi) is 14.3. The van der Waals surface area contributed by atoms with Crippen LogP contribution in [0.2, 0.25) is 0 Å². The third-order valence-electron chi connectivity index (χ3n) is 9.77. The summed E-state index contributed by atoms with van der Waals surface area (Å²) in [6.07, 6.45) is 21.8. The van der Waals surface area contributed by atoms with Gasteiger partial charge in [0, 0.05) is 22.2 Å². The first-order valence-electron chi connectivity index (χ1n) is 17.1. The van der Waals surface area contributed by atoms with Crippen molar-refractivity contribution < 1.29 is 9.68 Å². The molecule has 0 N–H and O–H groups in total. The Morgan fingerprint density at radius 2 is 0.872 bits per heavy atom. The van der Waals surface area contributed by atoms with E-state index in [9.17, 15) is 0 Å². The second kappa shape index (κ2) is 15.9. The normalized spacial score (nSPS) is 27.2. The molecule has 39 heavy (non-hydrogen) atoms. The minimum Gasteiger partial charge on any atom is -0.298 e. The van der Waals surface area contributed by atoms with E-state index in [0.29, 0.717) is 0 Å². The van der Waals surface area contributed by atoms with Gasteiger partial charge < -0.3 is 0 Å². The molecule has 2 rings (SSSR count). The second-order valence-corrected chi connectivity index (χ2v) is 15.8. The van der Waals surface area contributed by atoms with E-state index in [-0.39, 0.29) is 22.2 Å². The average Bonchev–Trinajstić information content (AvgIpc) is 2.98. The minimum absolute atomic E-state index is 0.0707. The van der Waals surface area contributed by atoms with E-state index in [2.05, 4.69) is 79.4 Å². The van der Waals surface area contributed by atoms with Crippen molar-refractivity contribution >= 4 is 0 Å². The fourth-order valence-corrected chi connectivity index (χ4v) is 7.95. The summed E-state index contributed by atoms with van der Waals surface area (Å²) in [5.74, 6) is 1.56. The first kappa shape index (κ1) is 35.0. The number of nitrogens with zero attached hydrogens (tertiary/aromatic N) is 2.